The SMILES string of the molecule is CCNC(=O)Cn1cc(CCC(=O)O)c2ccccc21. The molecule has 2 aromatic rings. The molecule has 0 spiro atoms. The molecule has 2 rings (SSSR count). The van der Waals surface area contributed by atoms with Crippen LogP contribution in [0.4, 0.5) is 0 Å². The van der Waals surface area contributed by atoms with Gasteiger partial charge in [-0.25, -0.2) is 0 Å². The summed E-state index contributed by atoms with van der Waals surface area (Å²) < 4.78 is 1.87. The van der Waals surface area contributed by atoms with Crippen LogP contribution in [0.25, 0.3) is 10.9 Å². The second-order valence-corrected chi connectivity index (χ2v) is 4.65. The highest BCUT2D eigenvalue weighted by Gasteiger charge is 2.11. The number of carbonyl (C=O) groups excluding carboxylic acids is 1. The number of amides is 1. The minimum atomic E-state index is -0.814. The first-order chi connectivity index (χ1) is 9.61. The third-order valence-corrected chi connectivity index (χ3v) is 3.17. The summed E-state index contributed by atoms with van der Waals surface area (Å²) in [6.45, 7) is 2.73. The Kier molecular flexibility index (Phi) is 4.40. The molecule has 20 heavy (non-hydrogen) atoms. The van der Waals surface area contributed by atoms with E-state index in [4.69, 9.17) is 5.11 Å². The number of likely N-dealkylation sites (N-methyl/N-ethyl adjacent to an activating group) is 1. The summed E-state index contributed by atoms with van der Waals surface area (Å²) in [5.41, 5.74) is 1.92. The van der Waals surface area contributed by atoms with Gasteiger partial charge in [0.15, 0.2) is 0 Å². The number of hydrogen-bond donors (Lipinski definition) is 2. The van der Waals surface area contributed by atoms with Gasteiger partial charge in [-0.3, -0.25) is 9.59 Å². The van der Waals surface area contributed by atoms with Gasteiger partial charge in [0.25, 0.3) is 0 Å². The average molecular weight is 274 g/mol. The van der Waals surface area contributed by atoms with Gasteiger partial charge in [0.2, 0.25) is 5.91 Å². The van der Waals surface area contributed by atoms with Crippen molar-refractivity contribution < 1.29 is 14.7 Å². The molecule has 106 valence electrons. The zero-order valence-corrected chi connectivity index (χ0v) is 11.4. The highest BCUT2D eigenvalue weighted by molar-refractivity contribution is 5.86. The van der Waals surface area contributed by atoms with Crippen LogP contribution in [0.15, 0.2) is 30.5 Å². The van der Waals surface area contributed by atoms with Crippen LogP contribution in [-0.2, 0) is 22.6 Å². The lowest BCUT2D eigenvalue weighted by molar-refractivity contribution is -0.137. The number of para-hydroxylation sites is 1. The summed E-state index contributed by atoms with van der Waals surface area (Å²) in [5.74, 6) is -0.858. The molecule has 0 saturated carbocycles. The Hall–Kier alpha value is -2.30. The molecule has 1 amide bonds. The Bertz CT molecular complexity index is 631. The largest absolute Gasteiger partial charge is 0.481 e. The average Bonchev–Trinajstić information content (AvgIpc) is 2.75. The lowest BCUT2D eigenvalue weighted by atomic mass is 10.1. The van der Waals surface area contributed by atoms with E-state index in [-0.39, 0.29) is 18.9 Å². The van der Waals surface area contributed by atoms with Gasteiger partial charge in [0, 0.05) is 30.1 Å². The summed E-state index contributed by atoms with van der Waals surface area (Å²) in [5, 5.41) is 12.6. The number of nitrogens with zero attached hydrogens (tertiary/aromatic N) is 1. The van der Waals surface area contributed by atoms with Gasteiger partial charge in [0.05, 0.1) is 0 Å². The summed E-state index contributed by atoms with van der Waals surface area (Å²) in [6.07, 6.45) is 2.44. The van der Waals surface area contributed by atoms with Gasteiger partial charge in [-0.15, -0.1) is 0 Å². The highest BCUT2D eigenvalue weighted by Crippen LogP contribution is 2.22. The number of benzene rings is 1. The molecule has 0 aliphatic rings. The first-order valence-electron chi connectivity index (χ1n) is 6.67. The van der Waals surface area contributed by atoms with Crippen molar-refractivity contribution in [3.8, 4) is 0 Å². The van der Waals surface area contributed by atoms with E-state index in [9.17, 15) is 9.59 Å². The van der Waals surface area contributed by atoms with Gasteiger partial charge in [-0.05, 0) is 25.0 Å². The lowest BCUT2D eigenvalue weighted by Gasteiger charge is -2.05. The van der Waals surface area contributed by atoms with Crippen LogP contribution in [0, 0.1) is 0 Å². The standard InChI is InChI=1S/C15H18N2O3/c1-2-16-14(18)10-17-9-11(7-8-15(19)20)12-5-3-4-6-13(12)17/h3-6,9H,2,7-8,10H2,1H3,(H,16,18)(H,19,20). The van der Waals surface area contributed by atoms with Crippen LogP contribution < -0.4 is 5.32 Å². The molecule has 0 aliphatic carbocycles. The summed E-state index contributed by atoms with van der Waals surface area (Å²) in [4.78, 5) is 22.4. The maximum atomic E-state index is 11.7. The zero-order valence-electron chi connectivity index (χ0n) is 11.4. The van der Waals surface area contributed by atoms with Crippen LogP contribution in [0.5, 0.6) is 0 Å². The predicted molar refractivity (Wildman–Crippen MR) is 76.6 cm³/mol. The monoisotopic (exact) mass is 274 g/mol. The van der Waals surface area contributed by atoms with Crippen LogP contribution in [0.1, 0.15) is 18.9 Å². The molecular weight excluding hydrogens is 256 g/mol. The van der Waals surface area contributed by atoms with Crippen LogP contribution in [0.2, 0.25) is 0 Å². The van der Waals surface area contributed by atoms with Gasteiger partial charge in [-0.1, -0.05) is 18.2 Å². The van der Waals surface area contributed by atoms with Crippen molar-refractivity contribution in [2.24, 2.45) is 0 Å². The number of carboxylic acids is 1. The minimum absolute atomic E-state index is 0.0435. The Morgan fingerprint density at radius 3 is 2.75 bits per heavy atom. The summed E-state index contributed by atoms with van der Waals surface area (Å²) >= 11 is 0. The van der Waals surface area contributed by atoms with E-state index < -0.39 is 5.97 Å². The van der Waals surface area contributed by atoms with Crippen LogP contribution >= 0.6 is 0 Å². The molecule has 0 atom stereocenters. The van der Waals surface area contributed by atoms with Crippen molar-refractivity contribution in [3.05, 3.63) is 36.0 Å². The molecule has 1 aromatic carbocycles. The number of aromatic nitrogens is 1. The minimum Gasteiger partial charge on any atom is -0.481 e. The topological polar surface area (TPSA) is 71.3 Å². The molecule has 0 bridgehead atoms. The smallest absolute Gasteiger partial charge is 0.303 e. The van der Waals surface area contributed by atoms with E-state index in [0.29, 0.717) is 13.0 Å². The Balaban J connectivity index is 2.30. The maximum Gasteiger partial charge on any atom is 0.303 e. The molecule has 0 aliphatic heterocycles. The van der Waals surface area contributed by atoms with Crippen molar-refractivity contribution in [2.75, 3.05) is 6.54 Å². The quantitative estimate of drug-likeness (QED) is 0.843. The second-order valence-electron chi connectivity index (χ2n) is 4.65. The van der Waals surface area contributed by atoms with E-state index in [0.717, 1.165) is 16.5 Å². The molecule has 5 heteroatoms. The maximum absolute atomic E-state index is 11.7. The normalized spacial score (nSPS) is 10.7. The van der Waals surface area contributed by atoms with Crippen molar-refractivity contribution in [2.45, 2.75) is 26.3 Å². The predicted octanol–water partition coefficient (Wildman–Crippen LogP) is 1.79. The van der Waals surface area contributed by atoms with E-state index in [1.54, 1.807) is 0 Å². The Morgan fingerprint density at radius 2 is 2.05 bits per heavy atom. The van der Waals surface area contributed by atoms with E-state index in [1.165, 1.54) is 0 Å². The van der Waals surface area contributed by atoms with Gasteiger partial charge >= 0.3 is 5.97 Å². The Labute approximate surface area is 117 Å². The number of hydrogen-bond acceptors (Lipinski definition) is 2. The molecule has 1 aromatic heterocycles. The van der Waals surface area contributed by atoms with Gasteiger partial charge in [0.1, 0.15) is 6.54 Å². The number of carbonyl (C=O) groups is 2. The molecule has 0 fully saturated rings. The van der Waals surface area contributed by atoms with E-state index >= 15 is 0 Å². The van der Waals surface area contributed by atoms with Gasteiger partial charge in [-0.2, -0.15) is 0 Å². The van der Waals surface area contributed by atoms with Crippen LogP contribution in [-0.4, -0.2) is 28.1 Å². The third-order valence-electron chi connectivity index (χ3n) is 3.17. The Morgan fingerprint density at radius 1 is 1.30 bits per heavy atom. The first kappa shape index (κ1) is 14.1. The lowest BCUT2D eigenvalue weighted by Crippen LogP contribution is -2.26. The van der Waals surface area contributed by atoms with Crippen LogP contribution in [0.3, 0.4) is 0 Å². The van der Waals surface area contributed by atoms with Gasteiger partial charge < -0.3 is 15.0 Å². The van der Waals surface area contributed by atoms with E-state index in [1.807, 2.05) is 42.0 Å². The molecule has 2 N–H and O–H groups in total. The summed E-state index contributed by atoms with van der Waals surface area (Å²) in [6, 6.07) is 7.74. The first-order valence-corrected chi connectivity index (χ1v) is 6.67. The van der Waals surface area contributed by atoms with Crippen molar-refractivity contribution in [3.63, 3.8) is 0 Å². The number of carboxylic acid groups (broad SMARTS) is 1. The molecular formula is C15H18N2O3. The highest BCUT2D eigenvalue weighted by atomic mass is 16.4. The fourth-order valence-electron chi connectivity index (χ4n) is 2.30. The molecule has 0 saturated heterocycles. The molecule has 0 unspecified atom stereocenters. The van der Waals surface area contributed by atoms with Crippen molar-refractivity contribution in [1.29, 1.82) is 0 Å². The van der Waals surface area contributed by atoms with E-state index in [2.05, 4.69) is 5.32 Å². The second kappa shape index (κ2) is 6.23. The number of rotatable bonds is 6. The molecule has 5 nitrogen and oxygen atoms in total. The molecule has 0 radical (unpaired) electrons. The number of fused-ring (bicyclic) bond motifs is 1. The third kappa shape index (κ3) is 3.17. The van der Waals surface area contributed by atoms with Crippen molar-refractivity contribution in [1.82, 2.24) is 9.88 Å². The van der Waals surface area contributed by atoms with Crippen molar-refractivity contribution >= 4 is 22.8 Å². The number of aryl methyl sites for hydroxylation is 1. The molecule has 1 heterocycles. The fraction of sp³-hybridized carbons (Fsp3) is 0.333. The number of nitrogens with one attached hydrogen (secondary N) is 1. The fourth-order valence-corrected chi connectivity index (χ4v) is 2.30. The summed E-state index contributed by atoms with van der Waals surface area (Å²) in [7, 11) is 0. The zero-order chi connectivity index (χ0) is 14.5. The number of aliphatic carboxylic acids is 1.